The van der Waals surface area contributed by atoms with Gasteiger partial charge in [-0.15, -0.1) is 0 Å². The molecule has 1 heterocycles. The summed E-state index contributed by atoms with van der Waals surface area (Å²) in [6.45, 7) is 2.72. The Morgan fingerprint density at radius 1 is 1.20 bits per heavy atom. The largest absolute Gasteiger partial charge is 0.464 e. The number of carbonyl (C=O) groups excluding carboxylic acids is 1. The van der Waals surface area contributed by atoms with Crippen LogP contribution in [0.3, 0.4) is 0 Å². The van der Waals surface area contributed by atoms with Gasteiger partial charge in [0.15, 0.2) is 6.04 Å². The number of ether oxygens (including phenoxy) is 1. The monoisotopic (exact) mass is 412 g/mol. The lowest BCUT2D eigenvalue weighted by molar-refractivity contribution is -0.148. The lowest BCUT2D eigenvalue weighted by Crippen LogP contribution is -2.35. The van der Waals surface area contributed by atoms with Crippen LogP contribution in [0.5, 0.6) is 0 Å². The van der Waals surface area contributed by atoms with E-state index in [9.17, 15) is 18.4 Å². The van der Waals surface area contributed by atoms with Crippen molar-refractivity contribution in [3.63, 3.8) is 0 Å². The van der Waals surface area contributed by atoms with Crippen LogP contribution >= 0.6 is 0 Å². The molecule has 1 saturated carbocycles. The molecule has 0 spiro atoms. The van der Waals surface area contributed by atoms with Crippen LogP contribution in [-0.4, -0.2) is 22.4 Å². The van der Waals surface area contributed by atoms with Crippen LogP contribution in [0.2, 0.25) is 0 Å². The highest BCUT2D eigenvalue weighted by Crippen LogP contribution is 2.40. The molecule has 1 aliphatic carbocycles. The Morgan fingerprint density at radius 2 is 1.90 bits per heavy atom. The summed E-state index contributed by atoms with van der Waals surface area (Å²) in [5.74, 6) is -3.57. The molecule has 0 amide bonds. The quantitative estimate of drug-likeness (QED) is 0.551. The minimum absolute atomic E-state index is 0.0189. The summed E-state index contributed by atoms with van der Waals surface area (Å²) in [7, 11) is 0. The summed E-state index contributed by atoms with van der Waals surface area (Å²) in [5, 5.41) is 5.09. The van der Waals surface area contributed by atoms with E-state index in [-0.39, 0.29) is 23.5 Å². The number of hydrogen-bond donors (Lipinski definition) is 0. The summed E-state index contributed by atoms with van der Waals surface area (Å²) in [6, 6.07) is 12.2. The van der Waals surface area contributed by atoms with Gasteiger partial charge in [-0.1, -0.05) is 36.4 Å². The maximum atomic E-state index is 14.0. The van der Waals surface area contributed by atoms with E-state index in [1.165, 1.54) is 22.9 Å². The Bertz CT molecular complexity index is 1150. The Morgan fingerprint density at radius 3 is 2.50 bits per heavy atom. The van der Waals surface area contributed by atoms with E-state index < -0.39 is 23.5 Å². The second-order valence-corrected chi connectivity index (χ2v) is 7.65. The molecule has 3 aromatic rings. The van der Waals surface area contributed by atoms with E-state index in [4.69, 9.17) is 4.74 Å². The zero-order chi connectivity index (χ0) is 21.5. The molecule has 0 N–H and O–H groups in total. The fourth-order valence-corrected chi connectivity index (χ4v) is 3.66. The van der Waals surface area contributed by atoms with Crippen molar-refractivity contribution in [3.05, 3.63) is 64.4 Å². The molecule has 156 valence electrons. The second kappa shape index (κ2) is 7.63. The predicted molar refractivity (Wildman–Crippen MR) is 109 cm³/mol. The van der Waals surface area contributed by atoms with Gasteiger partial charge in [-0.05, 0) is 37.8 Å². The minimum Gasteiger partial charge on any atom is -0.464 e. The summed E-state index contributed by atoms with van der Waals surface area (Å²) in [6.07, 6.45) is 1.61. The van der Waals surface area contributed by atoms with Gasteiger partial charge in [-0.2, -0.15) is 5.10 Å². The van der Waals surface area contributed by atoms with Crippen molar-refractivity contribution < 1.29 is 18.3 Å². The van der Waals surface area contributed by atoms with Crippen LogP contribution in [0, 0.1) is 5.92 Å². The molecule has 0 radical (unpaired) electrons. The Balaban J connectivity index is 2.00. The number of alkyl halides is 2. The van der Waals surface area contributed by atoms with Crippen LogP contribution in [0.4, 0.5) is 8.78 Å². The maximum Gasteiger partial charge on any atom is 0.331 e. The first-order valence-corrected chi connectivity index (χ1v) is 9.98. The van der Waals surface area contributed by atoms with Gasteiger partial charge in [-0.25, -0.2) is 18.3 Å². The summed E-state index contributed by atoms with van der Waals surface area (Å²) >= 11 is 0. The van der Waals surface area contributed by atoms with E-state index in [0.717, 1.165) is 19.8 Å². The molecule has 4 rings (SSSR count). The van der Waals surface area contributed by atoms with Gasteiger partial charge in [0, 0.05) is 23.4 Å². The lowest BCUT2D eigenvalue weighted by atomic mass is 10.00. The maximum absolute atomic E-state index is 14.0. The third-order valence-electron chi connectivity index (χ3n) is 5.34. The van der Waals surface area contributed by atoms with Crippen molar-refractivity contribution in [3.8, 4) is 11.3 Å². The smallest absolute Gasteiger partial charge is 0.331 e. The average molecular weight is 412 g/mol. The fourth-order valence-electron chi connectivity index (χ4n) is 3.66. The number of aromatic nitrogens is 2. The van der Waals surface area contributed by atoms with Gasteiger partial charge in [0.1, 0.15) is 0 Å². The molecule has 1 aliphatic rings. The number of carbonyl (C=O) groups is 1. The van der Waals surface area contributed by atoms with Crippen LogP contribution in [-0.2, 0) is 15.5 Å². The van der Waals surface area contributed by atoms with Crippen LogP contribution in [0.15, 0.2) is 53.3 Å². The average Bonchev–Trinajstić information content (AvgIpc) is 3.55. The van der Waals surface area contributed by atoms with Crippen molar-refractivity contribution in [1.29, 1.82) is 0 Å². The van der Waals surface area contributed by atoms with Crippen molar-refractivity contribution in [2.45, 2.75) is 38.7 Å². The zero-order valence-electron chi connectivity index (χ0n) is 16.8. The molecule has 5 nitrogen and oxygen atoms in total. The van der Waals surface area contributed by atoms with E-state index in [2.05, 4.69) is 5.10 Å². The molecule has 1 aromatic heterocycles. The van der Waals surface area contributed by atoms with Gasteiger partial charge in [-0.3, -0.25) is 4.79 Å². The SMILES string of the molecule is CCOC(=O)C(C1CC1)n1nc(-c2ccccc2)c2cc(C(C)(F)F)ccc2c1=O. The molecule has 2 aromatic carbocycles. The van der Waals surface area contributed by atoms with E-state index in [0.29, 0.717) is 16.6 Å². The third kappa shape index (κ3) is 3.72. The van der Waals surface area contributed by atoms with Gasteiger partial charge in [0.05, 0.1) is 17.7 Å². The zero-order valence-corrected chi connectivity index (χ0v) is 16.8. The van der Waals surface area contributed by atoms with Gasteiger partial charge in [0.2, 0.25) is 0 Å². The first kappa shape index (κ1) is 20.2. The summed E-state index contributed by atoms with van der Waals surface area (Å²) < 4.78 is 34.3. The van der Waals surface area contributed by atoms with Crippen LogP contribution in [0.1, 0.15) is 38.3 Å². The third-order valence-corrected chi connectivity index (χ3v) is 5.34. The highest BCUT2D eigenvalue weighted by atomic mass is 19.3. The lowest BCUT2D eigenvalue weighted by Gasteiger charge is -2.20. The second-order valence-electron chi connectivity index (χ2n) is 7.65. The van der Waals surface area contributed by atoms with Crippen molar-refractivity contribution in [2.24, 2.45) is 5.92 Å². The van der Waals surface area contributed by atoms with Crippen LogP contribution < -0.4 is 5.56 Å². The first-order chi connectivity index (χ1) is 14.3. The summed E-state index contributed by atoms with van der Waals surface area (Å²) in [4.78, 5) is 25.9. The number of nitrogens with zero attached hydrogens (tertiary/aromatic N) is 2. The number of fused-ring (bicyclic) bond motifs is 1. The molecule has 0 aliphatic heterocycles. The first-order valence-electron chi connectivity index (χ1n) is 9.98. The number of hydrogen-bond acceptors (Lipinski definition) is 4. The number of halogens is 2. The van der Waals surface area contributed by atoms with Crippen molar-refractivity contribution in [1.82, 2.24) is 9.78 Å². The Hall–Kier alpha value is -3.09. The van der Waals surface area contributed by atoms with E-state index >= 15 is 0 Å². The highest BCUT2D eigenvalue weighted by molar-refractivity contribution is 5.94. The summed E-state index contributed by atoms with van der Waals surface area (Å²) in [5.41, 5.74) is 0.369. The topological polar surface area (TPSA) is 61.2 Å². The molecular formula is C23H22F2N2O3. The van der Waals surface area contributed by atoms with Crippen LogP contribution in [0.25, 0.3) is 22.0 Å². The van der Waals surface area contributed by atoms with Crippen molar-refractivity contribution >= 4 is 16.7 Å². The molecule has 1 atom stereocenters. The molecule has 1 fully saturated rings. The number of esters is 1. The standard InChI is InChI=1S/C23H22F2N2O3/c1-3-30-22(29)20(15-9-10-15)27-21(28)17-12-11-16(23(2,24)25)13-18(17)19(26-27)14-7-5-4-6-8-14/h4-8,11-13,15,20H,3,9-10H2,1-2H3. The normalized spacial score (nSPS) is 15.2. The molecule has 0 saturated heterocycles. The van der Waals surface area contributed by atoms with E-state index in [1.807, 2.05) is 6.07 Å². The molecule has 1 unspecified atom stereocenters. The van der Waals surface area contributed by atoms with E-state index in [1.54, 1.807) is 31.2 Å². The number of benzene rings is 2. The van der Waals surface area contributed by atoms with Gasteiger partial charge >= 0.3 is 5.97 Å². The molecule has 30 heavy (non-hydrogen) atoms. The highest BCUT2D eigenvalue weighted by Gasteiger charge is 2.40. The molecule has 0 bridgehead atoms. The molecular weight excluding hydrogens is 390 g/mol. The Kier molecular flexibility index (Phi) is 5.13. The van der Waals surface area contributed by atoms with Gasteiger partial charge < -0.3 is 4.74 Å². The fraction of sp³-hybridized carbons (Fsp3) is 0.348. The Labute approximate surface area is 172 Å². The number of rotatable bonds is 6. The minimum atomic E-state index is -3.06. The molecule has 7 heteroatoms. The predicted octanol–water partition coefficient (Wildman–Crippen LogP) is 4.69. The van der Waals surface area contributed by atoms with Gasteiger partial charge in [0.25, 0.3) is 11.5 Å². The van der Waals surface area contributed by atoms with Crippen molar-refractivity contribution in [2.75, 3.05) is 6.61 Å².